The average molecular weight is 286 g/mol. The third-order valence-electron chi connectivity index (χ3n) is 2.82. The van der Waals surface area contributed by atoms with Gasteiger partial charge in [0.25, 0.3) is 0 Å². The van der Waals surface area contributed by atoms with Crippen LogP contribution in [0.25, 0.3) is 0 Å². The van der Waals surface area contributed by atoms with Crippen molar-refractivity contribution in [3.8, 4) is 0 Å². The summed E-state index contributed by atoms with van der Waals surface area (Å²) >= 11 is 3.44. The molecule has 0 aliphatic carbocycles. The molecule has 2 rings (SSSR count). The smallest absolute Gasteiger partial charge is 0.0594 e. The zero-order valence-electron chi connectivity index (χ0n) is 9.10. The molecule has 1 saturated heterocycles. The fraction of sp³-hybridized carbons (Fsp3) is 0.545. The Hall–Kier alpha value is -0.490. The van der Waals surface area contributed by atoms with Gasteiger partial charge in [-0.05, 0) is 27.6 Å². The molecule has 0 bridgehead atoms. The number of rotatable bonds is 3. The molecule has 2 heterocycles. The highest BCUT2D eigenvalue weighted by Crippen LogP contribution is 2.22. The SMILES string of the molecule is NCC(c1cncc(Br)c1)N1CCOCC1. The van der Waals surface area contributed by atoms with Gasteiger partial charge in [0.05, 0.1) is 13.2 Å². The van der Waals surface area contributed by atoms with E-state index in [0.717, 1.165) is 30.8 Å². The number of halogens is 1. The Morgan fingerprint density at radius 3 is 2.81 bits per heavy atom. The zero-order valence-corrected chi connectivity index (χ0v) is 10.7. The monoisotopic (exact) mass is 285 g/mol. The molecule has 1 atom stereocenters. The van der Waals surface area contributed by atoms with Crippen LogP contribution in [-0.4, -0.2) is 42.7 Å². The van der Waals surface area contributed by atoms with Gasteiger partial charge in [-0.3, -0.25) is 9.88 Å². The van der Waals surface area contributed by atoms with Crippen LogP contribution in [0.5, 0.6) is 0 Å². The maximum absolute atomic E-state index is 5.86. The summed E-state index contributed by atoms with van der Waals surface area (Å²) in [5, 5.41) is 0. The molecule has 0 spiro atoms. The largest absolute Gasteiger partial charge is 0.379 e. The molecule has 4 nitrogen and oxygen atoms in total. The fourth-order valence-corrected chi connectivity index (χ4v) is 2.38. The second kappa shape index (κ2) is 5.72. The van der Waals surface area contributed by atoms with Gasteiger partial charge in [0, 0.05) is 42.5 Å². The van der Waals surface area contributed by atoms with Gasteiger partial charge in [-0.15, -0.1) is 0 Å². The van der Waals surface area contributed by atoms with Crippen molar-refractivity contribution in [3.63, 3.8) is 0 Å². The lowest BCUT2D eigenvalue weighted by Gasteiger charge is -2.33. The third kappa shape index (κ3) is 2.79. The Labute approximate surface area is 104 Å². The summed E-state index contributed by atoms with van der Waals surface area (Å²) in [6.07, 6.45) is 3.67. The Kier molecular flexibility index (Phi) is 4.29. The molecule has 0 amide bonds. The lowest BCUT2D eigenvalue weighted by Crippen LogP contribution is -2.41. The first-order valence-electron chi connectivity index (χ1n) is 5.43. The lowest BCUT2D eigenvalue weighted by atomic mass is 10.1. The van der Waals surface area contributed by atoms with Gasteiger partial charge in [-0.1, -0.05) is 0 Å². The highest BCUT2D eigenvalue weighted by Gasteiger charge is 2.21. The average Bonchev–Trinajstić information content (AvgIpc) is 2.31. The predicted molar refractivity (Wildman–Crippen MR) is 66.1 cm³/mol. The summed E-state index contributed by atoms with van der Waals surface area (Å²) in [5.41, 5.74) is 7.03. The summed E-state index contributed by atoms with van der Waals surface area (Å²) in [6, 6.07) is 2.33. The van der Waals surface area contributed by atoms with Gasteiger partial charge >= 0.3 is 0 Å². The number of hydrogen-bond acceptors (Lipinski definition) is 4. The molecule has 0 radical (unpaired) electrons. The summed E-state index contributed by atoms with van der Waals surface area (Å²) in [6.45, 7) is 4.07. The van der Waals surface area contributed by atoms with Crippen LogP contribution < -0.4 is 5.73 Å². The first-order chi connectivity index (χ1) is 7.81. The Morgan fingerprint density at radius 1 is 1.44 bits per heavy atom. The lowest BCUT2D eigenvalue weighted by molar-refractivity contribution is 0.0178. The van der Waals surface area contributed by atoms with E-state index in [2.05, 4.69) is 31.9 Å². The van der Waals surface area contributed by atoms with Crippen molar-refractivity contribution < 1.29 is 4.74 Å². The van der Waals surface area contributed by atoms with Crippen LogP contribution in [-0.2, 0) is 4.74 Å². The number of ether oxygens (including phenoxy) is 1. The quantitative estimate of drug-likeness (QED) is 0.906. The number of pyridine rings is 1. The minimum Gasteiger partial charge on any atom is -0.379 e. The Morgan fingerprint density at radius 2 is 2.19 bits per heavy atom. The second-order valence-corrected chi connectivity index (χ2v) is 4.75. The van der Waals surface area contributed by atoms with Gasteiger partial charge in [0.2, 0.25) is 0 Å². The summed E-state index contributed by atoms with van der Waals surface area (Å²) in [4.78, 5) is 6.54. The number of hydrogen-bond donors (Lipinski definition) is 1. The predicted octanol–water partition coefficient (Wildman–Crippen LogP) is 1.18. The van der Waals surface area contributed by atoms with E-state index in [1.165, 1.54) is 5.56 Å². The molecular weight excluding hydrogens is 270 g/mol. The van der Waals surface area contributed by atoms with E-state index >= 15 is 0 Å². The number of nitrogens with zero attached hydrogens (tertiary/aromatic N) is 2. The summed E-state index contributed by atoms with van der Waals surface area (Å²) < 4.78 is 6.34. The standard InChI is InChI=1S/C11H16BrN3O/c12-10-5-9(7-14-8-10)11(6-13)15-1-3-16-4-2-15/h5,7-8,11H,1-4,6,13H2. The van der Waals surface area contributed by atoms with Crippen molar-refractivity contribution in [1.82, 2.24) is 9.88 Å². The topological polar surface area (TPSA) is 51.4 Å². The van der Waals surface area contributed by atoms with Crippen molar-refractivity contribution >= 4 is 15.9 Å². The van der Waals surface area contributed by atoms with Crippen LogP contribution in [0.1, 0.15) is 11.6 Å². The van der Waals surface area contributed by atoms with E-state index in [-0.39, 0.29) is 6.04 Å². The van der Waals surface area contributed by atoms with Gasteiger partial charge in [0.15, 0.2) is 0 Å². The third-order valence-corrected chi connectivity index (χ3v) is 3.25. The minimum atomic E-state index is 0.244. The van der Waals surface area contributed by atoms with Crippen LogP contribution in [0.3, 0.4) is 0 Å². The van der Waals surface area contributed by atoms with Crippen molar-refractivity contribution in [2.24, 2.45) is 5.73 Å². The Bertz CT molecular complexity index is 342. The van der Waals surface area contributed by atoms with Crippen LogP contribution in [0.15, 0.2) is 22.9 Å². The molecule has 1 aliphatic heterocycles. The highest BCUT2D eigenvalue weighted by molar-refractivity contribution is 9.10. The van der Waals surface area contributed by atoms with Crippen LogP contribution in [0, 0.1) is 0 Å². The van der Waals surface area contributed by atoms with E-state index in [0.29, 0.717) is 6.54 Å². The molecule has 1 aromatic heterocycles. The molecule has 2 N–H and O–H groups in total. The van der Waals surface area contributed by atoms with Crippen LogP contribution in [0.4, 0.5) is 0 Å². The zero-order chi connectivity index (χ0) is 11.4. The van der Waals surface area contributed by atoms with Crippen molar-refractivity contribution in [3.05, 3.63) is 28.5 Å². The normalized spacial score (nSPS) is 19.6. The molecule has 1 unspecified atom stereocenters. The van der Waals surface area contributed by atoms with E-state index in [1.807, 2.05) is 6.20 Å². The van der Waals surface area contributed by atoms with E-state index in [1.54, 1.807) is 6.20 Å². The van der Waals surface area contributed by atoms with Crippen LogP contribution >= 0.6 is 15.9 Å². The molecule has 16 heavy (non-hydrogen) atoms. The summed E-state index contributed by atoms with van der Waals surface area (Å²) in [7, 11) is 0. The summed E-state index contributed by atoms with van der Waals surface area (Å²) in [5.74, 6) is 0. The van der Waals surface area contributed by atoms with E-state index in [9.17, 15) is 0 Å². The maximum Gasteiger partial charge on any atom is 0.0594 e. The minimum absolute atomic E-state index is 0.244. The van der Waals surface area contributed by atoms with Crippen LogP contribution in [0.2, 0.25) is 0 Å². The van der Waals surface area contributed by atoms with Gasteiger partial charge in [-0.2, -0.15) is 0 Å². The number of nitrogens with two attached hydrogens (primary N) is 1. The van der Waals surface area contributed by atoms with Crippen molar-refractivity contribution in [1.29, 1.82) is 0 Å². The molecule has 1 aromatic rings. The molecule has 1 fully saturated rings. The van der Waals surface area contributed by atoms with Crippen molar-refractivity contribution in [2.75, 3.05) is 32.8 Å². The second-order valence-electron chi connectivity index (χ2n) is 3.84. The highest BCUT2D eigenvalue weighted by atomic mass is 79.9. The van der Waals surface area contributed by atoms with Crippen molar-refractivity contribution in [2.45, 2.75) is 6.04 Å². The van der Waals surface area contributed by atoms with Gasteiger partial charge in [-0.25, -0.2) is 0 Å². The fourth-order valence-electron chi connectivity index (χ4n) is 2.00. The van der Waals surface area contributed by atoms with E-state index in [4.69, 9.17) is 10.5 Å². The number of aromatic nitrogens is 1. The van der Waals surface area contributed by atoms with E-state index < -0.39 is 0 Å². The molecule has 0 aromatic carbocycles. The molecule has 0 saturated carbocycles. The molecule has 1 aliphatic rings. The molecule has 5 heteroatoms. The maximum atomic E-state index is 5.86. The van der Waals surface area contributed by atoms with Gasteiger partial charge < -0.3 is 10.5 Å². The first kappa shape index (κ1) is 12.0. The first-order valence-corrected chi connectivity index (χ1v) is 6.23. The number of morpholine rings is 1. The van der Waals surface area contributed by atoms with Gasteiger partial charge in [0.1, 0.15) is 0 Å². The molecular formula is C11H16BrN3O. The Balaban J connectivity index is 2.14. The molecule has 88 valence electrons.